The third-order valence-corrected chi connectivity index (χ3v) is 19.1. The van der Waals surface area contributed by atoms with Crippen molar-refractivity contribution in [3.8, 4) is 0 Å². The normalized spacial score (nSPS) is 12.5. The van der Waals surface area contributed by atoms with Gasteiger partial charge in [0.25, 0.3) is 0 Å². The first-order valence-electron chi connectivity index (χ1n) is 10.7. The van der Waals surface area contributed by atoms with Gasteiger partial charge < -0.3 is 0 Å². The lowest BCUT2D eigenvalue weighted by Crippen LogP contribution is -2.41. The quantitative estimate of drug-likeness (QED) is 0.192. The third kappa shape index (κ3) is 11.9. The molecule has 0 amide bonds. The first-order valence-corrected chi connectivity index (χ1v) is 16.7. The van der Waals surface area contributed by atoms with E-state index in [0.717, 1.165) is 0 Å². The summed E-state index contributed by atoms with van der Waals surface area (Å²) in [6.07, 6.45) is 17.9. The Labute approximate surface area is 145 Å². The lowest BCUT2D eigenvalue weighted by Gasteiger charge is -2.32. The minimum absolute atomic E-state index is 0.253. The Balaban J connectivity index is 4.53. The van der Waals surface area contributed by atoms with Gasteiger partial charge in [0.05, 0.1) is 0 Å². The number of hydrogen-bond acceptors (Lipinski definition) is 0. The van der Waals surface area contributed by atoms with E-state index in [4.69, 9.17) is 0 Å². The Morgan fingerprint density at radius 2 is 0.864 bits per heavy atom. The largest absolute Gasteiger partial charge is 0.0654 e. The molecular weight excluding hydrogens is 296 g/mol. The summed E-state index contributed by atoms with van der Waals surface area (Å²) >= 11 is 0. The maximum absolute atomic E-state index is 2.37. The van der Waals surface area contributed by atoms with E-state index in [-0.39, 0.29) is 9.04 Å². The van der Waals surface area contributed by atoms with Gasteiger partial charge in [-0.1, -0.05) is 129 Å². The first-order chi connectivity index (χ1) is 10.7. The Hall–Kier alpha value is 0.434. The SMILES string of the molecule is CCCCC[SiH2][Si](CCCCC)(CCCCC)CCCCC. The average Bonchev–Trinajstić information content (AvgIpc) is 2.52. The van der Waals surface area contributed by atoms with E-state index in [1.54, 1.807) is 49.9 Å². The molecule has 0 aliphatic rings. The van der Waals surface area contributed by atoms with Crippen molar-refractivity contribution in [2.45, 2.75) is 129 Å². The summed E-state index contributed by atoms with van der Waals surface area (Å²) in [5, 5.41) is 0. The minimum Gasteiger partial charge on any atom is -0.0654 e. The van der Waals surface area contributed by atoms with Crippen molar-refractivity contribution in [3.63, 3.8) is 0 Å². The second-order valence-corrected chi connectivity index (χ2v) is 19.4. The molecule has 0 nitrogen and oxygen atoms in total. The summed E-state index contributed by atoms with van der Waals surface area (Å²) in [4.78, 5) is 0. The summed E-state index contributed by atoms with van der Waals surface area (Å²) in [6, 6.07) is 6.83. The maximum atomic E-state index is 2.37. The molecule has 0 aromatic rings. The molecule has 0 radical (unpaired) electrons. The van der Waals surface area contributed by atoms with Crippen molar-refractivity contribution in [1.29, 1.82) is 0 Å². The Morgan fingerprint density at radius 3 is 1.23 bits per heavy atom. The van der Waals surface area contributed by atoms with Crippen LogP contribution in [0.4, 0.5) is 0 Å². The van der Waals surface area contributed by atoms with Gasteiger partial charge in [-0.2, -0.15) is 0 Å². The predicted octanol–water partition coefficient (Wildman–Crippen LogP) is 7.28. The van der Waals surface area contributed by atoms with Crippen LogP contribution in [-0.4, -0.2) is 16.6 Å². The van der Waals surface area contributed by atoms with Crippen LogP contribution in [0.3, 0.4) is 0 Å². The molecule has 0 unspecified atom stereocenters. The van der Waals surface area contributed by atoms with Crippen molar-refractivity contribution in [3.05, 3.63) is 0 Å². The third-order valence-electron chi connectivity index (χ3n) is 5.49. The van der Waals surface area contributed by atoms with Gasteiger partial charge in [-0.25, -0.2) is 0 Å². The Bertz CT molecular complexity index is 189. The van der Waals surface area contributed by atoms with E-state index in [0.29, 0.717) is 0 Å². The summed E-state index contributed by atoms with van der Waals surface area (Å²) in [6.45, 7) is 9.47. The second-order valence-electron chi connectivity index (χ2n) is 7.68. The van der Waals surface area contributed by atoms with Gasteiger partial charge in [-0.3, -0.25) is 0 Å². The molecule has 0 aromatic heterocycles. The van der Waals surface area contributed by atoms with Gasteiger partial charge in [0.2, 0.25) is 0 Å². The van der Waals surface area contributed by atoms with Crippen LogP contribution in [0.15, 0.2) is 0 Å². The average molecular weight is 343 g/mol. The standard InChI is InChI=1S/C20H46Si2/c1-5-9-13-17-21-22(18-14-10-6-2,19-15-11-7-3)20-16-12-8-4/h5-21H2,1-4H3. The molecule has 0 aliphatic heterocycles. The van der Waals surface area contributed by atoms with Gasteiger partial charge in [0, 0.05) is 16.6 Å². The van der Waals surface area contributed by atoms with E-state index in [1.165, 1.54) is 51.4 Å². The molecule has 0 heterocycles. The van der Waals surface area contributed by atoms with Gasteiger partial charge in [-0.05, 0) is 0 Å². The molecule has 0 fully saturated rings. The van der Waals surface area contributed by atoms with Gasteiger partial charge in [0.1, 0.15) is 0 Å². The smallest absolute Gasteiger partial charge is 0.0401 e. The molecular formula is C20H46Si2. The van der Waals surface area contributed by atoms with Crippen LogP contribution >= 0.6 is 0 Å². The van der Waals surface area contributed by atoms with Crippen LogP contribution in [0.1, 0.15) is 105 Å². The molecule has 0 atom stereocenters. The molecule has 0 aliphatic carbocycles. The summed E-state index contributed by atoms with van der Waals surface area (Å²) in [5.74, 6) is 0. The maximum Gasteiger partial charge on any atom is 0.0401 e. The Morgan fingerprint density at radius 1 is 0.500 bits per heavy atom. The van der Waals surface area contributed by atoms with E-state index in [9.17, 15) is 0 Å². The van der Waals surface area contributed by atoms with Crippen molar-refractivity contribution in [2.75, 3.05) is 0 Å². The highest BCUT2D eigenvalue weighted by Gasteiger charge is 2.30. The predicted molar refractivity (Wildman–Crippen MR) is 112 cm³/mol. The summed E-state index contributed by atoms with van der Waals surface area (Å²) in [5.41, 5.74) is 0. The van der Waals surface area contributed by atoms with Crippen LogP contribution in [-0.2, 0) is 0 Å². The number of hydrogen-bond donors (Lipinski definition) is 0. The molecule has 0 bridgehead atoms. The molecule has 22 heavy (non-hydrogen) atoms. The molecule has 0 saturated heterocycles. The van der Waals surface area contributed by atoms with Crippen LogP contribution in [0.25, 0.3) is 0 Å². The van der Waals surface area contributed by atoms with Crippen molar-refractivity contribution >= 4 is 16.6 Å². The lowest BCUT2D eigenvalue weighted by atomic mass is 10.3. The topological polar surface area (TPSA) is 0 Å². The second kappa shape index (κ2) is 16.3. The molecule has 0 N–H and O–H groups in total. The summed E-state index contributed by atoms with van der Waals surface area (Å²) in [7, 11) is -0.565. The van der Waals surface area contributed by atoms with Gasteiger partial charge in [0.15, 0.2) is 0 Å². The van der Waals surface area contributed by atoms with Crippen LogP contribution in [0.2, 0.25) is 24.2 Å². The molecule has 0 rings (SSSR count). The molecule has 0 saturated carbocycles. The summed E-state index contributed by atoms with van der Waals surface area (Å²) < 4.78 is 0. The fourth-order valence-corrected chi connectivity index (χ4v) is 17.3. The fourth-order valence-electron chi connectivity index (χ4n) is 3.93. The highest BCUT2D eigenvalue weighted by atomic mass is 29.2. The van der Waals surface area contributed by atoms with Crippen molar-refractivity contribution < 1.29 is 0 Å². The molecule has 0 aromatic carbocycles. The number of rotatable bonds is 17. The van der Waals surface area contributed by atoms with Crippen molar-refractivity contribution in [1.82, 2.24) is 0 Å². The Kier molecular flexibility index (Phi) is 16.6. The van der Waals surface area contributed by atoms with E-state index < -0.39 is 7.59 Å². The monoisotopic (exact) mass is 342 g/mol. The van der Waals surface area contributed by atoms with E-state index in [1.807, 2.05) is 0 Å². The van der Waals surface area contributed by atoms with Gasteiger partial charge >= 0.3 is 0 Å². The molecule has 2 heteroatoms. The van der Waals surface area contributed by atoms with E-state index in [2.05, 4.69) is 27.7 Å². The van der Waals surface area contributed by atoms with Gasteiger partial charge in [-0.15, -0.1) is 0 Å². The van der Waals surface area contributed by atoms with Crippen LogP contribution in [0, 0.1) is 0 Å². The van der Waals surface area contributed by atoms with Crippen LogP contribution in [0.5, 0.6) is 0 Å². The molecule has 0 spiro atoms. The zero-order valence-corrected chi connectivity index (χ0v) is 18.9. The zero-order valence-electron chi connectivity index (χ0n) is 16.5. The van der Waals surface area contributed by atoms with E-state index >= 15 is 0 Å². The van der Waals surface area contributed by atoms with Crippen LogP contribution < -0.4 is 0 Å². The first kappa shape index (κ1) is 22.4. The zero-order chi connectivity index (χ0) is 16.5. The number of unbranched alkanes of at least 4 members (excludes halogenated alkanes) is 8. The highest BCUT2D eigenvalue weighted by Crippen LogP contribution is 2.29. The minimum atomic E-state index is -0.818. The lowest BCUT2D eigenvalue weighted by molar-refractivity contribution is 0.721. The highest BCUT2D eigenvalue weighted by molar-refractivity contribution is 7.24. The van der Waals surface area contributed by atoms with Crippen molar-refractivity contribution in [2.24, 2.45) is 0 Å². The molecule has 134 valence electrons. The fraction of sp³-hybridized carbons (Fsp3) is 1.00.